The van der Waals surface area contributed by atoms with Crippen LogP contribution in [0.5, 0.6) is 0 Å². The molecule has 19 heavy (non-hydrogen) atoms. The first-order valence-corrected chi connectivity index (χ1v) is 7.00. The second-order valence-corrected chi connectivity index (χ2v) is 5.08. The monoisotopic (exact) mass is 271 g/mol. The van der Waals surface area contributed by atoms with Crippen LogP contribution in [-0.2, 0) is 19.1 Å². The van der Waals surface area contributed by atoms with Crippen molar-refractivity contribution in [2.75, 3.05) is 27.3 Å². The maximum atomic E-state index is 11.5. The number of carbonyl (C=O) groups excluding carboxylic acids is 2. The van der Waals surface area contributed by atoms with E-state index in [-0.39, 0.29) is 31.1 Å². The molecule has 0 aliphatic heterocycles. The van der Waals surface area contributed by atoms with Crippen LogP contribution in [0.2, 0.25) is 0 Å². The van der Waals surface area contributed by atoms with Gasteiger partial charge in [0.2, 0.25) is 0 Å². The van der Waals surface area contributed by atoms with E-state index in [0.717, 1.165) is 19.3 Å². The van der Waals surface area contributed by atoms with E-state index in [2.05, 4.69) is 6.92 Å². The molecule has 5 heteroatoms. The van der Waals surface area contributed by atoms with Gasteiger partial charge in [-0.15, -0.1) is 0 Å². The molecular weight excluding hydrogens is 246 g/mol. The lowest BCUT2D eigenvalue weighted by Gasteiger charge is -2.38. The summed E-state index contributed by atoms with van der Waals surface area (Å²) in [6.45, 7) is 2.48. The SMILES string of the molecule is CCC1CCCCC1N(CC(=O)OC)CC(=O)OC. The molecule has 5 nitrogen and oxygen atoms in total. The summed E-state index contributed by atoms with van der Waals surface area (Å²) in [5, 5.41) is 0. The second-order valence-electron chi connectivity index (χ2n) is 5.08. The predicted molar refractivity (Wildman–Crippen MR) is 71.6 cm³/mol. The van der Waals surface area contributed by atoms with Gasteiger partial charge in [0, 0.05) is 6.04 Å². The summed E-state index contributed by atoms with van der Waals surface area (Å²) >= 11 is 0. The van der Waals surface area contributed by atoms with Gasteiger partial charge in [-0.1, -0.05) is 26.2 Å². The van der Waals surface area contributed by atoms with Gasteiger partial charge >= 0.3 is 11.9 Å². The molecule has 0 amide bonds. The third kappa shape index (κ3) is 4.82. The highest BCUT2D eigenvalue weighted by molar-refractivity contribution is 5.74. The van der Waals surface area contributed by atoms with Crippen molar-refractivity contribution in [2.45, 2.75) is 45.1 Å². The highest BCUT2D eigenvalue weighted by Crippen LogP contribution is 2.30. The first-order chi connectivity index (χ1) is 9.12. The third-order valence-corrected chi connectivity index (χ3v) is 3.98. The number of hydrogen-bond acceptors (Lipinski definition) is 5. The topological polar surface area (TPSA) is 55.8 Å². The smallest absolute Gasteiger partial charge is 0.319 e. The number of methoxy groups -OCH3 is 2. The van der Waals surface area contributed by atoms with Crippen molar-refractivity contribution in [1.29, 1.82) is 0 Å². The number of rotatable bonds is 6. The van der Waals surface area contributed by atoms with Crippen molar-refractivity contribution in [3.63, 3.8) is 0 Å². The van der Waals surface area contributed by atoms with Gasteiger partial charge in [0.15, 0.2) is 0 Å². The van der Waals surface area contributed by atoms with Gasteiger partial charge in [-0.25, -0.2) is 0 Å². The van der Waals surface area contributed by atoms with E-state index in [1.54, 1.807) is 0 Å². The van der Waals surface area contributed by atoms with Crippen molar-refractivity contribution >= 4 is 11.9 Å². The molecule has 110 valence electrons. The fraction of sp³-hybridized carbons (Fsp3) is 0.857. The zero-order valence-electron chi connectivity index (χ0n) is 12.2. The molecule has 0 heterocycles. The highest BCUT2D eigenvalue weighted by Gasteiger charge is 2.31. The van der Waals surface area contributed by atoms with E-state index in [1.807, 2.05) is 4.90 Å². The summed E-state index contributed by atoms with van der Waals surface area (Å²) in [6, 6.07) is 0.275. The number of hydrogen-bond donors (Lipinski definition) is 0. The zero-order chi connectivity index (χ0) is 14.3. The molecular formula is C14H25NO4. The van der Waals surface area contributed by atoms with E-state index in [0.29, 0.717) is 5.92 Å². The molecule has 0 radical (unpaired) electrons. The summed E-state index contributed by atoms with van der Waals surface area (Å²) in [5.41, 5.74) is 0. The van der Waals surface area contributed by atoms with E-state index in [1.165, 1.54) is 27.1 Å². The van der Waals surface area contributed by atoms with E-state index in [9.17, 15) is 9.59 Å². The van der Waals surface area contributed by atoms with Gasteiger partial charge in [-0.05, 0) is 18.8 Å². The van der Waals surface area contributed by atoms with Crippen LogP contribution in [-0.4, -0.2) is 50.2 Å². The number of esters is 2. The minimum atomic E-state index is -0.302. The quantitative estimate of drug-likeness (QED) is 0.687. The predicted octanol–water partition coefficient (Wildman–Crippen LogP) is 1.60. The van der Waals surface area contributed by atoms with E-state index < -0.39 is 0 Å². The Labute approximate surface area is 115 Å². The Balaban J connectivity index is 2.74. The normalized spacial score (nSPS) is 23.2. The molecule has 0 spiro atoms. The molecule has 0 aromatic heterocycles. The van der Waals surface area contributed by atoms with Crippen LogP contribution in [0.3, 0.4) is 0 Å². The van der Waals surface area contributed by atoms with E-state index in [4.69, 9.17) is 9.47 Å². The van der Waals surface area contributed by atoms with Gasteiger partial charge in [0.1, 0.15) is 0 Å². The lowest BCUT2D eigenvalue weighted by molar-refractivity contribution is -0.147. The first-order valence-electron chi connectivity index (χ1n) is 7.00. The third-order valence-electron chi connectivity index (χ3n) is 3.98. The lowest BCUT2D eigenvalue weighted by Crippen LogP contribution is -2.47. The van der Waals surface area contributed by atoms with Crippen LogP contribution >= 0.6 is 0 Å². The number of carbonyl (C=O) groups is 2. The van der Waals surface area contributed by atoms with Crippen molar-refractivity contribution in [2.24, 2.45) is 5.92 Å². The summed E-state index contributed by atoms with van der Waals surface area (Å²) in [6.07, 6.45) is 5.66. The maximum absolute atomic E-state index is 11.5. The van der Waals surface area contributed by atoms with Crippen molar-refractivity contribution in [3.05, 3.63) is 0 Å². The van der Waals surface area contributed by atoms with Crippen LogP contribution in [0.4, 0.5) is 0 Å². The minimum Gasteiger partial charge on any atom is -0.468 e. The Morgan fingerprint density at radius 2 is 1.58 bits per heavy atom. The molecule has 0 aromatic rings. The molecule has 0 aromatic carbocycles. The number of ether oxygens (including phenoxy) is 2. The van der Waals surface area contributed by atoms with Crippen LogP contribution < -0.4 is 0 Å². The van der Waals surface area contributed by atoms with Gasteiger partial charge in [-0.3, -0.25) is 14.5 Å². The Hall–Kier alpha value is -1.10. The zero-order valence-corrected chi connectivity index (χ0v) is 12.2. The Bertz CT molecular complexity index is 288. The molecule has 2 atom stereocenters. The van der Waals surface area contributed by atoms with Gasteiger partial charge in [-0.2, -0.15) is 0 Å². The molecule has 0 saturated heterocycles. The first kappa shape index (κ1) is 16.0. The molecule has 2 unspecified atom stereocenters. The van der Waals surface area contributed by atoms with Gasteiger partial charge in [0.05, 0.1) is 27.3 Å². The fourth-order valence-corrected chi connectivity index (χ4v) is 2.90. The summed E-state index contributed by atoms with van der Waals surface area (Å²) in [7, 11) is 2.74. The van der Waals surface area contributed by atoms with E-state index >= 15 is 0 Å². The molecule has 1 rings (SSSR count). The second kappa shape index (κ2) is 8.15. The molecule has 0 bridgehead atoms. The summed E-state index contributed by atoms with van der Waals surface area (Å²) in [5.74, 6) is -0.0586. The molecule has 1 saturated carbocycles. The average Bonchev–Trinajstić information content (AvgIpc) is 2.46. The van der Waals surface area contributed by atoms with Crippen LogP contribution in [0, 0.1) is 5.92 Å². The number of nitrogens with zero attached hydrogens (tertiary/aromatic N) is 1. The Morgan fingerprint density at radius 3 is 2.05 bits per heavy atom. The van der Waals surface area contributed by atoms with Crippen molar-refractivity contribution in [1.82, 2.24) is 4.90 Å². The Morgan fingerprint density at radius 1 is 1.05 bits per heavy atom. The maximum Gasteiger partial charge on any atom is 0.319 e. The molecule has 0 N–H and O–H groups in total. The van der Waals surface area contributed by atoms with Crippen LogP contribution in [0.1, 0.15) is 39.0 Å². The lowest BCUT2D eigenvalue weighted by atomic mass is 9.82. The molecule has 1 fully saturated rings. The Kier molecular flexibility index (Phi) is 6.84. The largest absolute Gasteiger partial charge is 0.468 e. The average molecular weight is 271 g/mol. The molecule has 1 aliphatic carbocycles. The summed E-state index contributed by atoms with van der Waals surface area (Å²) in [4.78, 5) is 24.9. The molecule has 1 aliphatic rings. The van der Waals surface area contributed by atoms with Crippen molar-refractivity contribution < 1.29 is 19.1 Å². The van der Waals surface area contributed by atoms with Gasteiger partial charge < -0.3 is 9.47 Å². The fourth-order valence-electron chi connectivity index (χ4n) is 2.90. The standard InChI is InChI=1S/C14H25NO4/c1-4-11-7-5-6-8-12(11)15(9-13(16)18-2)10-14(17)19-3/h11-12H,4-10H2,1-3H3. The van der Waals surface area contributed by atoms with Gasteiger partial charge in [0.25, 0.3) is 0 Å². The van der Waals surface area contributed by atoms with Crippen molar-refractivity contribution in [3.8, 4) is 0 Å². The van der Waals surface area contributed by atoms with Crippen LogP contribution in [0.25, 0.3) is 0 Å². The highest BCUT2D eigenvalue weighted by atomic mass is 16.5. The minimum absolute atomic E-state index is 0.159. The van der Waals surface area contributed by atoms with Crippen LogP contribution in [0.15, 0.2) is 0 Å². The summed E-state index contributed by atoms with van der Waals surface area (Å²) < 4.78 is 9.45.